The average Bonchev–Trinajstić information content (AvgIpc) is 3.00. The molecule has 0 saturated carbocycles. The molecule has 0 fully saturated rings. The summed E-state index contributed by atoms with van der Waals surface area (Å²) in [7, 11) is -3.98. The Labute approximate surface area is 123 Å². The maximum absolute atomic E-state index is 12.3. The predicted molar refractivity (Wildman–Crippen MR) is 74.5 cm³/mol. The van der Waals surface area contributed by atoms with Gasteiger partial charge in [0.15, 0.2) is 9.90 Å². The summed E-state index contributed by atoms with van der Waals surface area (Å²) in [6.45, 7) is 3.32. The molecule has 2 heterocycles. The fourth-order valence-corrected chi connectivity index (χ4v) is 4.83. The van der Waals surface area contributed by atoms with E-state index in [1.54, 1.807) is 25.4 Å². The first-order valence-electron chi connectivity index (χ1n) is 5.35. The highest BCUT2D eigenvalue weighted by Gasteiger charge is 2.33. The number of thiazole rings is 2. The molecule has 0 saturated heterocycles. The van der Waals surface area contributed by atoms with Crippen LogP contribution in [0.2, 0.25) is 0 Å². The molecule has 2 aromatic heterocycles. The van der Waals surface area contributed by atoms with Crippen molar-refractivity contribution in [2.45, 2.75) is 23.6 Å². The lowest BCUT2D eigenvalue weighted by Gasteiger charge is -2.23. The molecule has 0 atom stereocenters. The Kier molecular flexibility index (Phi) is 3.91. The Morgan fingerprint density at radius 2 is 2.05 bits per heavy atom. The van der Waals surface area contributed by atoms with E-state index >= 15 is 0 Å². The zero-order chi connectivity index (χ0) is 15.0. The topological polar surface area (TPSA) is 109 Å². The molecule has 0 aliphatic heterocycles. The minimum absolute atomic E-state index is 0.311. The Morgan fingerprint density at radius 1 is 1.35 bits per heavy atom. The summed E-state index contributed by atoms with van der Waals surface area (Å²) < 4.78 is 26.8. The number of nitrogens with one attached hydrogen (secondary N) is 1. The Morgan fingerprint density at radius 3 is 2.60 bits per heavy atom. The second-order valence-corrected chi connectivity index (χ2v) is 7.99. The maximum atomic E-state index is 12.3. The highest BCUT2D eigenvalue weighted by molar-refractivity contribution is 7.91. The van der Waals surface area contributed by atoms with Crippen LogP contribution in [0.1, 0.15) is 29.3 Å². The first-order valence-corrected chi connectivity index (χ1v) is 8.59. The lowest BCUT2D eigenvalue weighted by Crippen LogP contribution is -2.41. The monoisotopic (exact) mass is 333 g/mol. The molecule has 0 bridgehead atoms. The molecule has 0 spiro atoms. The van der Waals surface area contributed by atoms with E-state index in [0.29, 0.717) is 5.01 Å². The van der Waals surface area contributed by atoms with Crippen molar-refractivity contribution in [2.24, 2.45) is 0 Å². The van der Waals surface area contributed by atoms with Crippen molar-refractivity contribution < 1.29 is 18.3 Å². The second-order valence-electron chi connectivity index (χ2n) is 4.36. The van der Waals surface area contributed by atoms with Gasteiger partial charge in [-0.25, -0.2) is 23.2 Å². The molecule has 0 aliphatic carbocycles. The van der Waals surface area contributed by atoms with Gasteiger partial charge in [0.25, 0.3) is 10.0 Å². The van der Waals surface area contributed by atoms with Crippen LogP contribution in [0, 0.1) is 0 Å². The molecule has 0 unspecified atom stereocenters. The van der Waals surface area contributed by atoms with E-state index in [2.05, 4.69) is 14.7 Å². The standard InChI is InChI=1S/C10H11N3O4S3/c1-10(2,9-11-3-4-18-9)13-20(16,17)8-6(7(14)15)12-5-19-8/h3-5,13H,1-2H3,(H,14,15). The highest BCUT2D eigenvalue weighted by Crippen LogP contribution is 2.27. The van der Waals surface area contributed by atoms with E-state index in [4.69, 9.17) is 5.11 Å². The number of rotatable bonds is 5. The van der Waals surface area contributed by atoms with E-state index in [9.17, 15) is 13.2 Å². The first kappa shape index (κ1) is 15.0. The SMILES string of the molecule is CC(C)(NS(=O)(=O)c1scnc1C(=O)O)c1nccs1. The van der Waals surface area contributed by atoms with Gasteiger partial charge in [-0.15, -0.1) is 22.7 Å². The Balaban J connectivity index is 2.37. The Hall–Kier alpha value is -1.36. The average molecular weight is 333 g/mol. The predicted octanol–water partition coefficient (Wildman–Crippen LogP) is 1.51. The molecule has 0 aliphatic rings. The van der Waals surface area contributed by atoms with Gasteiger partial charge in [0, 0.05) is 11.6 Å². The summed E-state index contributed by atoms with van der Waals surface area (Å²) in [5, 5.41) is 11.3. The van der Waals surface area contributed by atoms with Crippen LogP contribution in [0.15, 0.2) is 21.3 Å². The number of nitrogens with zero attached hydrogens (tertiary/aromatic N) is 2. The number of aromatic nitrogens is 2. The zero-order valence-corrected chi connectivity index (χ0v) is 13.0. The fourth-order valence-electron chi connectivity index (χ4n) is 1.53. The van der Waals surface area contributed by atoms with E-state index < -0.39 is 27.2 Å². The molecule has 7 nitrogen and oxygen atoms in total. The van der Waals surface area contributed by atoms with Gasteiger partial charge in [-0.1, -0.05) is 0 Å². The zero-order valence-electron chi connectivity index (χ0n) is 10.5. The van der Waals surface area contributed by atoms with Crippen LogP contribution in [-0.4, -0.2) is 29.5 Å². The van der Waals surface area contributed by atoms with Gasteiger partial charge in [-0.3, -0.25) is 0 Å². The summed E-state index contributed by atoms with van der Waals surface area (Å²) in [5.74, 6) is -1.38. The molecular formula is C10H11N3O4S3. The first-order chi connectivity index (χ1) is 9.24. The third-order valence-corrected chi connectivity index (χ3v) is 6.46. The fraction of sp³-hybridized carbons (Fsp3) is 0.300. The lowest BCUT2D eigenvalue weighted by molar-refractivity contribution is 0.0687. The molecule has 2 N–H and O–H groups in total. The molecule has 108 valence electrons. The van der Waals surface area contributed by atoms with Gasteiger partial charge in [-0.05, 0) is 13.8 Å². The lowest BCUT2D eigenvalue weighted by atomic mass is 10.1. The van der Waals surface area contributed by atoms with Crippen molar-refractivity contribution in [1.29, 1.82) is 0 Å². The summed E-state index contributed by atoms with van der Waals surface area (Å²) >= 11 is 2.08. The number of hydrogen-bond acceptors (Lipinski definition) is 7. The van der Waals surface area contributed by atoms with E-state index in [1.807, 2.05) is 0 Å². The van der Waals surface area contributed by atoms with Crippen molar-refractivity contribution in [3.05, 3.63) is 27.8 Å². The summed E-state index contributed by atoms with van der Waals surface area (Å²) in [4.78, 5) is 18.6. The maximum Gasteiger partial charge on any atom is 0.356 e. The minimum Gasteiger partial charge on any atom is -0.476 e. The smallest absolute Gasteiger partial charge is 0.356 e. The molecule has 10 heteroatoms. The highest BCUT2D eigenvalue weighted by atomic mass is 32.2. The molecule has 2 rings (SSSR count). The van der Waals surface area contributed by atoms with Gasteiger partial charge < -0.3 is 5.11 Å². The van der Waals surface area contributed by atoms with E-state index in [0.717, 1.165) is 11.3 Å². The van der Waals surface area contributed by atoms with Crippen LogP contribution in [0.25, 0.3) is 0 Å². The third kappa shape index (κ3) is 2.87. The number of carbonyl (C=O) groups is 1. The van der Waals surface area contributed by atoms with E-state index in [1.165, 1.54) is 16.8 Å². The second kappa shape index (κ2) is 5.20. The molecule has 20 heavy (non-hydrogen) atoms. The van der Waals surface area contributed by atoms with Gasteiger partial charge in [-0.2, -0.15) is 4.72 Å². The van der Waals surface area contributed by atoms with Crippen molar-refractivity contribution >= 4 is 38.7 Å². The van der Waals surface area contributed by atoms with Crippen LogP contribution >= 0.6 is 22.7 Å². The molecule has 0 amide bonds. The summed E-state index contributed by atoms with van der Waals surface area (Å²) in [6, 6.07) is 0. The van der Waals surface area contributed by atoms with Crippen molar-refractivity contribution in [3.63, 3.8) is 0 Å². The van der Waals surface area contributed by atoms with Crippen LogP contribution < -0.4 is 4.72 Å². The number of hydrogen-bond donors (Lipinski definition) is 2. The van der Waals surface area contributed by atoms with Gasteiger partial charge in [0.1, 0.15) is 5.01 Å². The Bertz CT molecular complexity index is 719. The van der Waals surface area contributed by atoms with Gasteiger partial charge in [0.2, 0.25) is 0 Å². The number of carboxylic acid groups (broad SMARTS) is 1. The van der Waals surface area contributed by atoms with Crippen LogP contribution in [0.5, 0.6) is 0 Å². The quantitative estimate of drug-likeness (QED) is 0.858. The number of sulfonamides is 1. The molecule has 2 aromatic rings. The summed E-state index contributed by atoms with van der Waals surface area (Å²) in [5.41, 5.74) is -0.223. The largest absolute Gasteiger partial charge is 0.476 e. The molecular weight excluding hydrogens is 322 g/mol. The van der Waals surface area contributed by atoms with E-state index in [-0.39, 0.29) is 4.21 Å². The van der Waals surface area contributed by atoms with Crippen molar-refractivity contribution in [2.75, 3.05) is 0 Å². The van der Waals surface area contributed by atoms with Gasteiger partial charge in [0.05, 0.1) is 11.0 Å². The third-order valence-electron chi connectivity index (χ3n) is 2.34. The molecule has 0 aromatic carbocycles. The van der Waals surface area contributed by atoms with Crippen LogP contribution in [0.4, 0.5) is 0 Å². The van der Waals surface area contributed by atoms with Gasteiger partial charge >= 0.3 is 5.97 Å². The normalized spacial score (nSPS) is 12.5. The van der Waals surface area contributed by atoms with Crippen molar-refractivity contribution in [1.82, 2.24) is 14.7 Å². The number of aromatic carboxylic acids is 1. The van der Waals surface area contributed by atoms with Crippen LogP contribution in [0.3, 0.4) is 0 Å². The molecule has 0 radical (unpaired) electrons. The minimum atomic E-state index is -3.98. The number of carboxylic acids is 1. The van der Waals surface area contributed by atoms with Crippen molar-refractivity contribution in [3.8, 4) is 0 Å². The van der Waals surface area contributed by atoms with Crippen LogP contribution in [-0.2, 0) is 15.6 Å². The summed E-state index contributed by atoms with van der Waals surface area (Å²) in [6.07, 6.45) is 1.57.